The third-order valence-electron chi connectivity index (χ3n) is 2.95. The van der Waals surface area contributed by atoms with Crippen LogP contribution in [-0.2, 0) is 4.74 Å². The van der Waals surface area contributed by atoms with E-state index in [4.69, 9.17) is 10.5 Å². The number of ether oxygens (including phenoxy) is 1. The van der Waals surface area contributed by atoms with E-state index < -0.39 is 0 Å². The van der Waals surface area contributed by atoms with E-state index in [-0.39, 0.29) is 6.04 Å². The fraction of sp³-hybridized carbons (Fsp3) is 1.00. The van der Waals surface area contributed by atoms with Crippen LogP contribution in [0.25, 0.3) is 0 Å². The van der Waals surface area contributed by atoms with Gasteiger partial charge in [-0.2, -0.15) is 0 Å². The van der Waals surface area contributed by atoms with Gasteiger partial charge in [0.1, 0.15) is 0 Å². The molecule has 0 aromatic rings. The molecule has 0 radical (unpaired) electrons. The zero-order chi connectivity index (χ0) is 10.6. The monoisotopic (exact) mass is 200 g/mol. The average molecular weight is 200 g/mol. The summed E-state index contributed by atoms with van der Waals surface area (Å²) in [5.74, 6) is 0. The van der Waals surface area contributed by atoms with E-state index in [1.807, 2.05) is 0 Å². The lowest BCUT2D eigenvalue weighted by molar-refractivity contribution is -0.00589. The molecular weight excluding hydrogens is 176 g/mol. The van der Waals surface area contributed by atoms with Crippen LogP contribution in [0.1, 0.15) is 33.6 Å². The molecule has 0 aromatic carbocycles. The number of hydrogen-bond donors (Lipinski definition) is 1. The largest absolute Gasteiger partial charge is 0.380 e. The summed E-state index contributed by atoms with van der Waals surface area (Å²) in [7, 11) is 0. The summed E-state index contributed by atoms with van der Waals surface area (Å²) >= 11 is 0. The molecule has 2 N–H and O–H groups in total. The van der Waals surface area contributed by atoms with E-state index in [0.717, 1.165) is 26.2 Å². The number of hydrogen-bond acceptors (Lipinski definition) is 3. The van der Waals surface area contributed by atoms with E-state index in [9.17, 15) is 0 Å². The fourth-order valence-electron chi connectivity index (χ4n) is 2.15. The molecule has 0 aromatic heterocycles. The molecular formula is C11H24N2O. The third kappa shape index (κ3) is 2.94. The molecule has 2 unspecified atom stereocenters. The van der Waals surface area contributed by atoms with Gasteiger partial charge in [-0.05, 0) is 33.2 Å². The van der Waals surface area contributed by atoms with Crippen molar-refractivity contribution in [3.8, 4) is 0 Å². The quantitative estimate of drug-likeness (QED) is 0.741. The van der Waals surface area contributed by atoms with Gasteiger partial charge in [-0.25, -0.2) is 0 Å². The second-order valence-corrected chi connectivity index (χ2v) is 4.43. The minimum absolute atomic E-state index is 0.290. The molecule has 1 fully saturated rings. The smallest absolute Gasteiger partial charge is 0.0637 e. The van der Waals surface area contributed by atoms with Gasteiger partial charge in [0.15, 0.2) is 0 Å². The van der Waals surface area contributed by atoms with Crippen molar-refractivity contribution in [1.82, 2.24) is 4.90 Å². The predicted octanol–water partition coefficient (Wildman–Crippen LogP) is 1.22. The van der Waals surface area contributed by atoms with Crippen LogP contribution < -0.4 is 5.73 Å². The molecule has 1 aliphatic rings. The van der Waals surface area contributed by atoms with Gasteiger partial charge in [0, 0.05) is 24.7 Å². The Kier molecular flexibility index (Phi) is 4.85. The molecule has 0 aliphatic carbocycles. The standard InChI is InChI=1S/C11H24N2O/c1-4-6-13(9(2)3)11-8-14-7-5-10(11)12/h9-11H,4-8,12H2,1-3H3. The first kappa shape index (κ1) is 12.0. The highest BCUT2D eigenvalue weighted by atomic mass is 16.5. The lowest BCUT2D eigenvalue weighted by atomic mass is 10.0. The molecule has 0 spiro atoms. The Labute approximate surface area is 87.6 Å². The first-order valence-corrected chi connectivity index (χ1v) is 5.75. The summed E-state index contributed by atoms with van der Waals surface area (Å²) in [4.78, 5) is 2.48. The van der Waals surface area contributed by atoms with E-state index in [0.29, 0.717) is 12.1 Å². The molecule has 1 rings (SSSR count). The Morgan fingerprint density at radius 2 is 2.21 bits per heavy atom. The minimum Gasteiger partial charge on any atom is -0.380 e. The maximum Gasteiger partial charge on any atom is 0.0637 e. The Morgan fingerprint density at radius 1 is 1.50 bits per heavy atom. The number of rotatable bonds is 4. The second kappa shape index (κ2) is 5.69. The molecule has 14 heavy (non-hydrogen) atoms. The van der Waals surface area contributed by atoms with E-state index in [2.05, 4.69) is 25.7 Å². The van der Waals surface area contributed by atoms with E-state index in [1.54, 1.807) is 0 Å². The summed E-state index contributed by atoms with van der Waals surface area (Å²) in [6.07, 6.45) is 2.18. The topological polar surface area (TPSA) is 38.5 Å². The Morgan fingerprint density at radius 3 is 2.71 bits per heavy atom. The molecule has 0 saturated carbocycles. The zero-order valence-corrected chi connectivity index (χ0v) is 9.70. The van der Waals surface area contributed by atoms with Gasteiger partial charge in [-0.15, -0.1) is 0 Å². The van der Waals surface area contributed by atoms with Crippen molar-refractivity contribution >= 4 is 0 Å². The summed E-state index contributed by atoms with van der Waals surface area (Å²) in [6, 6.07) is 1.27. The lowest BCUT2D eigenvalue weighted by Crippen LogP contribution is -2.55. The fourth-order valence-corrected chi connectivity index (χ4v) is 2.15. The minimum atomic E-state index is 0.290. The van der Waals surface area contributed by atoms with Crippen molar-refractivity contribution in [3.05, 3.63) is 0 Å². The van der Waals surface area contributed by atoms with Crippen molar-refractivity contribution in [2.75, 3.05) is 19.8 Å². The molecule has 1 aliphatic heterocycles. The molecule has 2 atom stereocenters. The normalized spacial score (nSPS) is 28.7. The molecule has 1 heterocycles. The summed E-state index contributed by atoms with van der Waals surface area (Å²) < 4.78 is 5.51. The van der Waals surface area contributed by atoms with Crippen molar-refractivity contribution in [1.29, 1.82) is 0 Å². The second-order valence-electron chi connectivity index (χ2n) is 4.43. The Hall–Kier alpha value is -0.120. The zero-order valence-electron chi connectivity index (χ0n) is 9.70. The van der Waals surface area contributed by atoms with Gasteiger partial charge < -0.3 is 10.5 Å². The van der Waals surface area contributed by atoms with Gasteiger partial charge in [-0.1, -0.05) is 6.92 Å². The molecule has 1 saturated heterocycles. The van der Waals surface area contributed by atoms with Crippen LogP contribution in [0.3, 0.4) is 0 Å². The van der Waals surface area contributed by atoms with Crippen LogP contribution in [0.4, 0.5) is 0 Å². The first-order chi connectivity index (χ1) is 6.66. The van der Waals surface area contributed by atoms with Gasteiger partial charge in [0.05, 0.1) is 6.61 Å². The Bertz CT molecular complexity index is 159. The van der Waals surface area contributed by atoms with Gasteiger partial charge >= 0.3 is 0 Å². The van der Waals surface area contributed by atoms with Gasteiger partial charge in [-0.3, -0.25) is 4.90 Å². The molecule has 3 heteroatoms. The molecule has 84 valence electrons. The van der Waals surface area contributed by atoms with E-state index >= 15 is 0 Å². The molecule has 0 bridgehead atoms. The van der Waals surface area contributed by atoms with Crippen LogP contribution in [0.15, 0.2) is 0 Å². The average Bonchev–Trinajstić information content (AvgIpc) is 2.15. The summed E-state index contributed by atoms with van der Waals surface area (Å²) in [5, 5.41) is 0. The highest BCUT2D eigenvalue weighted by molar-refractivity contribution is 4.86. The van der Waals surface area contributed by atoms with Crippen LogP contribution in [0.5, 0.6) is 0 Å². The predicted molar refractivity (Wildman–Crippen MR) is 59.3 cm³/mol. The summed E-state index contributed by atoms with van der Waals surface area (Å²) in [6.45, 7) is 9.44. The van der Waals surface area contributed by atoms with Crippen molar-refractivity contribution in [2.45, 2.75) is 51.7 Å². The van der Waals surface area contributed by atoms with Crippen molar-refractivity contribution in [3.63, 3.8) is 0 Å². The van der Waals surface area contributed by atoms with Gasteiger partial charge in [0.25, 0.3) is 0 Å². The third-order valence-corrected chi connectivity index (χ3v) is 2.95. The maximum absolute atomic E-state index is 6.13. The highest BCUT2D eigenvalue weighted by Gasteiger charge is 2.29. The number of nitrogens with two attached hydrogens (primary N) is 1. The van der Waals surface area contributed by atoms with Crippen molar-refractivity contribution in [2.24, 2.45) is 5.73 Å². The summed E-state index contributed by atoms with van der Waals surface area (Å²) in [5.41, 5.74) is 6.13. The van der Waals surface area contributed by atoms with Crippen LogP contribution in [0, 0.1) is 0 Å². The first-order valence-electron chi connectivity index (χ1n) is 5.75. The SMILES string of the molecule is CCCN(C(C)C)C1COCCC1N. The van der Waals surface area contributed by atoms with Crippen LogP contribution in [-0.4, -0.2) is 42.8 Å². The number of nitrogens with zero attached hydrogens (tertiary/aromatic N) is 1. The van der Waals surface area contributed by atoms with Gasteiger partial charge in [0.2, 0.25) is 0 Å². The van der Waals surface area contributed by atoms with Crippen molar-refractivity contribution < 1.29 is 4.74 Å². The Balaban J connectivity index is 2.55. The van der Waals surface area contributed by atoms with E-state index in [1.165, 1.54) is 6.42 Å². The highest BCUT2D eigenvalue weighted by Crippen LogP contribution is 2.15. The maximum atomic E-state index is 6.13. The van der Waals surface area contributed by atoms with Crippen LogP contribution >= 0.6 is 0 Å². The molecule has 3 nitrogen and oxygen atoms in total. The molecule has 0 amide bonds. The van der Waals surface area contributed by atoms with Crippen LogP contribution in [0.2, 0.25) is 0 Å². The lowest BCUT2D eigenvalue weighted by Gasteiger charge is -2.40.